The Morgan fingerprint density at radius 2 is 1.72 bits per heavy atom. The van der Waals surface area contributed by atoms with E-state index in [0.717, 1.165) is 29.7 Å². The molecule has 0 aromatic heterocycles. The summed E-state index contributed by atoms with van der Waals surface area (Å²) in [6, 6.07) is 10.3. The van der Waals surface area contributed by atoms with Gasteiger partial charge in [-0.2, -0.15) is 0 Å². The molecule has 3 aliphatic rings. The molecule has 0 saturated heterocycles. The molecule has 0 heterocycles. The van der Waals surface area contributed by atoms with Crippen molar-refractivity contribution < 1.29 is 0 Å². The molecule has 1 aromatic rings. The molecule has 96 valence electrons. The van der Waals surface area contributed by atoms with Crippen molar-refractivity contribution in [3.05, 3.63) is 33.4 Å². The monoisotopic (exact) mass is 353 g/mol. The summed E-state index contributed by atoms with van der Waals surface area (Å²) in [6.45, 7) is 2.32. The summed E-state index contributed by atoms with van der Waals surface area (Å²) in [5.74, 6) is 4.22. The molecule has 1 N–H and O–H groups in total. The number of hydrogen-bond donors (Lipinski definition) is 1. The van der Waals surface area contributed by atoms with E-state index < -0.39 is 0 Å². The van der Waals surface area contributed by atoms with Crippen LogP contribution in [0.4, 0.5) is 0 Å². The quantitative estimate of drug-likeness (QED) is 0.811. The van der Waals surface area contributed by atoms with E-state index >= 15 is 0 Å². The van der Waals surface area contributed by atoms with Gasteiger partial charge in [0, 0.05) is 15.7 Å². The first kappa shape index (κ1) is 11.7. The van der Waals surface area contributed by atoms with E-state index in [-0.39, 0.29) is 0 Å². The van der Waals surface area contributed by atoms with Crippen LogP contribution in [-0.4, -0.2) is 6.04 Å². The van der Waals surface area contributed by atoms with Gasteiger partial charge in [-0.05, 0) is 90.1 Å². The molecule has 0 amide bonds. The maximum absolute atomic E-state index is 3.89. The Hall–Kier alpha value is -0.0900. The van der Waals surface area contributed by atoms with Gasteiger partial charge in [-0.3, -0.25) is 0 Å². The van der Waals surface area contributed by atoms with Crippen molar-refractivity contribution in [2.24, 2.45) is 23.7 Å². The highest BCUT2D eigenvalue weighted by molar-refractivity contribution is 14.1. The van der Waals surface area contributed by atoms with Gasteiger partial charge in [0.2, 0.25) is 0 Å². The highest BCUT2D eigenvalue weighted by Gasteiger charge is 2.64. The largest absolute Gasteiger partial charge is 0.307 e. The predicted molar refractivity (Wildman–Crippen MR) is 82.3 cm³/mol. The second-order valence-corrected chi connectivity index (χ2v) is 7.70. The standard InChI is InChI=1S/C16H20IN/c1-9(10-4-6-13(17)7-5-10)18-16-14-11-2-3-12(8-11)15(14)16/h4-7,9,11-12,14-16,18H,2-3,8H2,1H3. The van der Waals surface area contributed by atoms with Gasteiger partial charge in [0.25, 0.3) is 0 Å². The molecule has 1 nitrogen and oxygen atoms in total. The minimum atomic E-state index is 0.511. The molecule has 3 aliphatic carbocycles. The van der Waals surface area contributed by atoms with Crippen LogP contribution in [0.2, 0.25) is 0 Å². The number of benzene rings is 1. The Balaban J connectivity index is 1.43. The minimum absolute atomic E-state index is 0.511. The third-order valence-electron chi connectivity index (χ3n) is 5.55. The molecular weight excluding hydrogens is 333 g/mol. The fraction of sp³-hybridized carbons (Fsp3) is 0.625. The Bertz CT molecular complexity index is 439. The zero-order chi connectivity index (χ0) is 12.3. The van der Waals surface area contributed by atoms with Gasteiger partial charge in [-0.25, -0.2) is 0 Å². The van der Waals surface area contributed by atoms with E-state index in [1.165, 1.54) is 22.0 Å². The molecule has 2 heteroatoms. The van der Waals surface area contributed by atoms with Crippen molar-refractivity contribution in [3.8, 4) is 0 Å². The number of halogens is 1. The second-order valence-electron chi connectivity index (χ2n) is 6.45. The normalized spacial score (nSPS) is 41.8. The van der Waals surface area contributed by atoms with Crippen molar-refractivity contribution in [1.29, 1.82) is 0 Å². The molecule has 0 radical (unpaired) electrons. The average molecular weight is 353 g/mol. The lowest BCUT2D eigenvalue weighted by Crippen LogP contribution is -2.26. The zero-order valence-corrected chi connectivity index (χ0v) is 12.9. The maximum atomic E-state index is 3.89. The minimum Gasteiger partial charge on any atom is -0.307 e. The molecule has 1 aromatic carbocycles. The van der Waals surface area contributed by atoms with Gasteiger partial charge < -0.3 is 5.32 Å². The van der Waals surface area contributed by atoms with Crippen LogP contribution >= 0.6 is 22.6 Å². The predicted octanol–water partition coefficient (Wildman–Crippen LogP) is 3.99. The Kier molecular flexibility index (Phi) is 2.74. The van der Waals surface area contributed by atoms with Crippen molar-refractivity contribution in [3.63, 3.8) is 0 Å². The van der Waals surface area contributed by atoms with Gasteiger partial charge in [0.15, 0.2) is 0 Å². The summed E-state index contributed by atoms with van der Waals surface area (Å²) < 4.78 is 1.32. The molecule has 4 rings (SSSR count). The first-order valence-corrected chi connectivity index (χ1v) is 8.33. The van der Waals surface area contributed by atoms with Crippen molar-refractivity contribution in [1.82, 2.24) is 5.32 Å². The molecule has 3 fully saturated rings. The molecule has 5 unspecified atom stereocenters. The zero-order valence-electron chi connectivity index (χ0n) is 10.8. The van der Waals surface area contributed by atoms with Crippen LogP contribution in [0.25, 0.3) is 0 Å². The SMILES string of the molecule is CC(NC1C2C3CCC(C3)C12)c1ccc(I)cc1. The van der Waals surface area contributed by atoms with E-state index in [2.05, 4.69) is 59.1 Å². The summed E-state index contributed by atoms with van der Waals surface area (Å²) in [5.41, 5.74) is 1.44. The van der Waals surface area contributed by atoms with Gasteiger partial charge in [0.05, 0.1) is 0 Å². The lowest BCUT2D eigenvalue weighted by molar-refractivity contribution is 0.433. The van der Waals surface area contributed by atoms with E-state index in [4.69, 9.17) is 0 Å². The molecule has 0 spiro atoms. The third-order valence-corrected chi connectivity index (χ3v) is 6.27. The van der Waals surface area contributed by atoms with E-state index in [1.807, 2.05) is 0 Å². The second kappa shape index (κ2) is 4.20. The first-order valence-electron chi connectivity index (χ1n) is 7.25. The molecule has 3 saturated carbocycles. The van der Waals surface area contributed by atoms with Crippen molar-refractivity contribution in [2.45, 2.75) is 38.3 Å². The smallest absolute Gasteiger partial charge is 0.0294 e. The van der Waals surface area contributed by atoms with E-state index in [0.29, 0.717) is 6.04 Å². The van der Waals surface area contributed by atoms with Gasteiger partial charge >= 0.3 is 0 Å². The van der Waals surface area contributed by atoms with Gasteiger partial charge in [0.1, 0.15) is 0 Å². The van der Waals surface area contributed by atoms with Crippen LogP contribution in [0.3, 0.4) is 0 Å². The van der Waals surface area contributed by atoms with Crippen LogP contribution in [0.5, 0.6) is 0 Å². The van der Waals surface area contributed by atoms with Crippen LogP contribution in [0.15, 0.2) is 24.3 Å². The lowest BCUT2D eigenvalue weighted by Gasteiger charge is -2.17. The van der Waals surface area contributed by atoms with Crippen LogP contribution in [-0.2, 0) is 0 Å². The summed E-state index contributed by atoms with van der Waals surface area (Å²) >= 11 is 2.37. The lowest BCUT2D eigenvalue weighted by atomic mass is 10.0. The third kappa shape index (κ3) is 1.75. The summed E-state index contributed by atoms with van der Waals surface area (Å²) in [6.07, 6.45) is 4.58. The number of hydrogen-bond acceptors (Lipinski definition) is 1. The Morgan fingerprint density at radius 1 is 1.11 bits per heavy atom. The first-order chi connectivity index (χ1) is 8.74. The highest BCUT2D eigenvalue weighted by atomic mass is 127. The van der Waals surface area contributed by atoms with Crippen molar-refractivity contribution >= 4 is 22.6 Å². The molecule has 0 aliphatic heterocycles. The highest BCUT2D eigenvalue weighted by Crippen LogP contribution is 2.65. The van der Waals surface area contributed by atoms with Gasteiger partial charge in [-0.15, -0.1) is 0 Å². The van der Waals surface area contributed by atoms with E-state index in [1.54, 1.807) is 6.42 Å². The number of rotatable bonds is 3. The fourth-order valence-electron chi connectivity index (χ4n) is 4.68. The maximum Gasteiger partial charge on any atom is 0.0294 e. The fourth-order valence-corrected chi connectivity index (χ4v) is 5.04. The summed E-state index contributed by atoms with van der Waals surface area (Å²) in [7, 11) is 0. The topological polar surface area (TPSA) is 12.0 Å². The van der Waals surface area contributed by atoms with Crippen LogP contribution in [0.1, 0.15) is 37.8 Å². The molecule has 5 atom stereocenters. The summed E-state index contributed by atoms with van der Waals surface area (Å²) in [4.78, 5) is 0. The molecule has 18 heavy (non-hydrogen) atoms. The Labute approximate surface area is 123 Å². The number of fused-ring (bicyclic) bond motifs is 5. The average Bonchev–Trinajstić information content (AvgIpc) is 2.78. The van der Waals surface area contributed by atoms with Crippen molar-refractivity contribution in [2.75, 3.05) is 0 Å². The number of nitrogens with one attached hydrogen (secondary N) is 1. The summed E-state index contributed by atoms with van der Waals surface area (Å²) in [5, 5.41) is 3.89. The van der Waals surface area contributed by atoms with E-state index in [9.17, 15) is 0 Å². The van der Waals surface area contributed by atoms with Crippen LogP contribution in [0, 0.1) is 27.2 Å². The van der Waals surface area contributed by atoms with Crippen LogP contribution < -0.4 is 5.32 Å². The Morgan fingerprint density at radius 3 is 2.33 bits per heavy atom. The molecule has 2 bridgehead atoms. The molecular formula is C16H20IN. The van der Waals surface area contributed by atoms with Gasteiger partial charge in [-0.1, -0.05) is 12.1 Å².